The standard InChI is InChI=1S/C19H28N2/c1-15(2)19(14-20,11-12-21(3)4)18-10-9-16-7-5-6-8-17(16)13-18/h5-10,13,15H,11-12,14,20H2,1-4H3/t19-/m0/s1. The summed E-state index contributed by atoms with van der Waals surface area (Å²) < 4.78 is 0. The number of rotatable bonds is 6. The van der Waals surface area contributed by atoms with Gasteiger partial charge in [-0.1, -0.05) is 56.3 Å². The lowest BCUT2D eigenvalue weighted by Crippen LogP contribution is -2.42. The molecule has 1 atom stereocenters. The first-order valence-corrected chi connectivity index (χ1v) is 7.83. The molecule has 0 unspecified atom stereocenters. The predicted octanol–water partition coefficient (Wildman–Crippen LogP) is 3.64. The number of benzene rings is 2. The predicted molar refractivity (Wildman–Crippen MR) is 92.7 cm³/mol. The Morgan fingerprint density at radius 1 is 1.05 bits per heavy atom. The van der Waals surface area contributed by atoms with E-state index in [1.165, 1.54) is 16.3 Å². The highest BCUT2D eigenvalue weighted by atomic mass is 15.0. The van der Waals surface area contributed by atoms with Gasteiger partial charge in [-0.3, -0.25) is 0 Å². The zero-order valence-electron chi connectivity index (χ0n) is 13.8. The summed E-state index contributed by atoms with van der Waals surface area (Å²) in [6, 6.07) is 15.4. The monoisotopic (exact) mass is 284 g/mol. The van der Waals surface area contributed by atoms with Crippen LogP contribution < -0.4 is 5.73 Å². The van der Waals surface area contributed by atoms with E-state index in [2.05, 4.69) is 75.3 Å². The van der Waals surface area contributed by atoms with Crippen LogP contribution in [0.4, 0.5) is 0 Å². The number of nitrogens with zero attached hydrogens (tertiary/aromatic N) is 1. The molecule has 0 fully saturated rings. The molecule has 114 valence electrons. The van der Waals surface area contributed by atoms with Crippen LogP contribution in [0, 0.1) is 5.92 Å². The summed E-state index contributed by atoms with van der Waals surface area (Å²) in [5.74, 6) is 0.517. The molecule has 0 aromatic heterocycles. The number of nitrogens with two attached hydrogens (primary N) is 1. The van der Waals surface area contributed by atoms with E-state index in [1.54, 1.807) is 0 Å². The molecule has 2 N–H and O–H groups in total. The van der Waals surface area contributed by atoms with Crippen LogP contribution >= 0.6 is 0 Å². The second-order valence-corrected chi connectivity index (χ2v) is 6.63. The fourth-order valence-electron chi connectivity index (χ4n) is 3.14. The molecule has 0 aliphatic carbocycles. The average Bonchev–Trinajstić information content (AvgIpc) is 2.47. The minimum absolute atomic E-state index is 0.0499. The van der Waals surface area contributed by atoms with E-state index in [1.807, 2.05) is 0 Å². The lowest BCUT2D eigenvalue weighted by molar-refractivity contribution is 0.253. The van der Waals surface area contributed by atoms with Crippen LogP contribution in [-0.2, 0) is 5.41 Å². The Morgan fingerprint density at radius 2 is 1.71 bits per heavy atom. The van der Waals surface area contributed by atoms with Crippen molar-refractivity contribution in [1.29, 1.82) is 0 Å². The molecule has 0 saturated carbocycles. The maximum Gasteiger partial charge on any atom is 0.0111 e. The summed E-state index contributed by atoms with van der Waals surface area (Å²) in [6.07, 6.45) is 1.09. The van der Waals surface area contributed by atoms with Gasteiger partial charge >= 0.3 is 0 Å². The Labute approximate surface area is 128 Å². The molecule has 21 heavy (non-hydrogen) atoms. The van der Waals surface area contributed by atoms with Crippen LogP contribution in [-0.4, -0.2) is 32.1 Å². The lowest BCUT2D eigenvalue weighted by atomic mass is 9.69. The van der Waals surface area contributed by atoms with Crippen molar-refractivity contribution in [1.82, 2.24) is 4.90 Å². The Balaban J connectivity index is 2.46. The molecule has 0 bridgehead atoms. The first kappa shape index (κ1) is 16.0. The van der Waals surface area contributed by atoms with Gasteiger partial charge in [-0.05, 0) is 49.3 Å². The van der Waals surface area contributed by atoms with Crippen LogP contribution in [0.5, 0.6) is 0 Å². The summed E-state index contributed by atoms with van der Waals surface area (Å²) in [5.41, 5.74) is 7.68. The van der Waals surface area contributed by atoms with Gasteiger partial charge in [0.2, 0.25) is 0 Å². The summed E-state index contributed by atoms with van der Waals surface area (Å²) in [6.45, 7) is 6.33. The van der Waals surface area contributed by atoms with E-state index in [4.69, 9.17) is 5.73 Å². The maximum atomic E-state index is 6.25. The van der Waals surface area contributed by atoms with Gasteiger partial charge in [-0.2, -0.15) is 0 Å². The SMILES string of the molecule is CC(C)[C@@](CN)(CCN(C)C)c1ccc2ccccc2c1. The number of fused-ring (bicyclic) bond motifs is 1. The van der Waals surface area contributed by atoms with Crippen LogP contribution in [0.1, 0.15) is 25.8 Å². The van der Waals surface area contributed by atoms with Crippen molar-refractivity contribution >= 4 is 10.8 Å². The van der Waals surface area contributed by atoms with Crippen LogP contribution in [0.3, 0.4) is 0 Å². The second kappa shape index (κ2) is 6.59. The summed E-state index contributed by atoms with van der Waals surface area (Å²) in [5, 5.41) is 2.60. The summed E-state index contributed by atoms with van der Waals surface area (Å²) >= 11 is 0. The van der Waals surface area contributed by atoms with Crippen molar-refractivity contribution in [3.63, 3.8) is 0 Å². The molecule has 0 heterocycles. The van der Waals surface area contributed by atoms with E-state index < -0.39 is 0 Å². The first-order valence-electron chi connectivity index (χ1n) is 7.83. The van der Waals surface area contributed by atoms with Gasteiger partial charge in [0, 0.05) is 12.0 Å². The minimum atomic E-state index is 0.0499. The molecule has 0 saturated heterocycles. The van der Waals surface area contributed by atoms with Crippen molar-refractivity contribution in [2.45, 2.75) is 25.7 Å². The van der Waals surface area contributed by atoms with Gasteiger partial charge in [0.15, 0.2) is 0 Å². The fraction of sp³-hybridized carbons (Fsp3) is 0.474. The van der Waals surface area contributed by atoms with Crippen molar-refractivity contribution in [3.05, 3.63) is 48.0 Å². The third kappa shape index (κ3) is 3.28. The molecule has 0 radical (unpaired) electrons. The van der Waals surface area contributed by atoms with Crippen molar-refractivity contribution in [2.75, 3.05) is 27.2 Å². The smallest absolute Gasteiger partial charge is 0.0111 e. The van der Waals surface area contributed by atoms with Crippen molar-refractivity contribution in [2.24, 2.45) is 11.7 Å². The molecule has 2 rings (SSSR count). The molecule has 2 nitrogen and oxygen atoms in total. The lowest BCUT2D eigenvalue weighted by Gasteiger charge is -2.38. The largest absolute Gasteiger partial charge is 0.330 e. The molecular weight excluding hydrogens is 256 g/mol. The van der Waals surface area contributed by atoms with E-state index in [0.717, 1.165) is 13.0 Å². The summed E-state index contributed by atoms with van der Waals surface area (Å²) in [4.78, 5) is 2.24. The molecule has 0 aliphatic heterocycles. The topological polar surface area (TPSA) is 29.3 Å². The molecular formula is C19H28N2. The van der Waals surface area contributed by atoms with Gasteiger partial charge in [0.1, 0.15) is 0 Å². The van der Waals surface area contributed by atoms with Gasteiger partial charge in [-0.15, -0.1) is 0 Å². The fourth-order valence-corrected chi connectivity index (χ4v) is 3.14. The van der Waals surface area contributed by atoms with E-state index in [0.29, 0.717) is 12.5 Å². The Bertz CT molecular complexity index is 589. The van der Waals surface area contributed by atoms with Gasteiger partial charge < -0.3 is 10.6 Å². The van der Waals surface area contributed by atoms with Gasteiger partial charge in [-0.25, -0.2) is 0 Å². The highest BCUT2D eigenvalue weighted by Gasteiger charge is 2.34. The molecule has 0 aliphatic rings. The Morgan fingerprint density at radius 3 is 2.29 bits per heavy atom. The third-order valence-corrected chi connectivity index (χ3v) is 4.80. The summed E-state index contributed by atoms with van der Waals surface area (Å²) in [7, 11) is 4.25. The molecule has 0 spiro atoms. The normalized spacial score (nSPS) is 14.8. The molecule has 2 aromatic carbocycles. The Hall–Kier alpha value is -1.38. The third-order valence-electron chi connectivity index (χ3n) is 4.80. The van der Waals surface area contributed by atoms with E-state index >= 15 is 0 Å². The minimum Gasteiger partial charge on any atom is -0.330 e. The van der Waals surface area contributed by atoms with Crippen molar-refractivity contribution < 1.29 is 0 Å². The molecule has 2 heteroatoms. The zero-order valence-corrected chi connectivity index (χ0v) is 13.8. The highest BCUT2D eigenvalue weighted by molar-refractivity contribution is 5.83. The van der Waals surface area contributed by atoms with Gasteiger partial charge in [0.25, 0.3) is 0 Å². The van der Waals surface area contributed by atoms with Gasteiger partial charge in [0.05, 0.1) is 0 Å². The quantitative estimate of drug-likeness (QED) is 0.877. The van der Waals surface area contributed by atoms with Crippen LogP contribution in [0.25, 0.3) is 10.8 Å². The zero-order chi connectivity index (χ0) is 15.5. The maximum absolute atomic E-state index is 6.25. The Kier molecular flexibility index (Phi) is 5.02. The van der Waals surface area contributed by atoms with Crippen molar-refractivity contribution in [3.8, 4) is 0 Å². The number of hydrogen-bond acceptors (Lipinski definition) is 2. The van der Waals surface area contributed by atoms with E-state index in [-0.39, 0.29) is 5.41 Å². The first-order chi connectivity index (χ1) is 9.99. The average molecular weight is 284 g/mol. The molecule has 0 amide bonds. The van der Waals surface area contributed by atoms with Crippen LogP contribution in [0.15, 0.2) is 42.5 Å². The van der Waals surface area contributed by atoms with E-state index in [9.17, 15) is 0 Å². The molecule has 2 aromatic rings. The van der Waals surface area contributed by atoms with Crippen LogP contribution in [0.2, 0.25) is 0 Å². The number of hydrogen-bond donors (Lipinski definition) is 1. The highest BCUT2D eigenvalue weighted by Crippen LogP contribution is 2.36. The second-order valence-electron chi connectivity index (χ2n) is 6.63.